The number of nitrogens with one attached hydrogen (secondary N) is 2. The zero-order chi connectivity index (χ0) is 15.6. The maximum atomic E-state index is 12.2. The fourth-order valence-electron chi connectivity index (χ4n) is 1.78. The molecule has 0 unspecified atom stereocenters. The average Bonchev–Trinajstić information content (AvgIpc) is 2.81. The standard InChI is InChI=1S/C11H12N4O5S/c12-9(16)4-7(11(17)18)15-21(19,20)8-5-14-10-6(8)2-1-3-13-10/h1-3,5,7,15H,4H2,(H2,12,16)(H,13,14)(H,17,18)/t7-/m1/s1. The number of rotatable bonds is 6. The van der Waals surface area contributed by atoms with Gasteiger partial charge in [-0.05, 0) is 12.1 Å². The molecular weight excluding hydrogens is 300 g/mol. The fraction of sp³-hybridized carbons (Fsp3) is 0.182. The van der Waals surface area contributed by atoms with Gasteiger partial charge in [-0.3, -0.25) is 9.59 Å². The van der Waals surface area contributed by atoms with Gasteiger partial charge in [-0.25, -0.2) is 13.4 Å². The Bertz CT molecular complexity index is 798. The molecule has 21 heavy (non-hydrogen) atoms. The number of aromatic amines is 1. The molecule has 0 radical (unpaired) electrons. The molecule has 2 aromatic rings. The molecule has 1 atom stereocenters. The molecule has 0 aliphatic heterocycles. The predicted molar refractivity (Wildman–Crippen MR) is 71.7 cm³/mol. The summed E-state index contributed by atoms with van der Waals surface area (Å²) >= 11 is 0. The number of sulfonamides is 1. The number of primary amides is 1. The number of aliphatic carboxylic acids is 1. The SMILES string of the molecule is NC(=O)C[C@@H](NS(=O)(=O)c1c[nH]c2ncccc12)C(=O)O. The van der Waals surface area contributed by atoms with Crippen LogP contribution in [0.5, 0.6) is 0 Å². The summed E-state index contributed by atoms with van der Waals surface area (Å²) in [4.78, 5) is 28.3. The fourth-order valence-corrected chi connectivity index (χ4v) is 3.14. The van der Waals surface area contributed by atoms with E-state index in [1.165, 1.54) is 18.5 Å². The van der Waals surface area contributed by atoms with Gasteiger partial charge in [-0.1, -0.05) is 0 Å². The molecule has 5 N–H and O–H groups in total. The van der Waals surface area contributed by atoms with Crippen molar-refractivity contribution in [3.05, 3.63) is 24.5 Å². The van der Waals surface area contributed by atoms with Gasteiger partial charge in [0.1, 0.15) is 16.6 Å². The van der Waals surface area contributed by atoms with Crippen molar-refractivity contribution in [3.63, 3.8) is 0 Å². The van der Waals surface area contributed by atoms with Crippen LogP contribution < -0.4 is 10.5 Å². The van der Waals surface area contributed by atoms with Gasteiger partial charge in [0.15, 0.2) is 0 Å². The number of aromatic nitrogens is 2. The number of nitrogens with zero attached hydrogens (tertiary/aromatic N) is 1. The van der Waals surface area contributed by atoms with Crippen LogP contribution in [-0.4, -0.2) is 41.4 Å². The van der Waals surface area contributed by atoms with Gasteiger partial charge >= 0.3 is 5.97 Å². The Balaban J connectivity index is 2.37. The van der Waals surface area contributed by atoms with Crippen molar-refractivity contribution in [3.8, 4) is 0 Å². The molecule has 9 nitrogen and oxygen atoms in total. The molecule has 0 spiro atoms. The van der Waals surface area contributed by atoms with Crippen LogP contribution >= 0.6 is 0 Å². The third-order valence-corrected chi connectivity index (χ3v) is 4.22. The number of hydrogen-bond donors (Lipinski definition) is 4. The van der Waals surface area contributed by atoms with Gasteiger partial charge in [0, 0.05) is 17.8 Å². The number of H-pyrrole nitrogens is 1. The third kappa shape index (κ3) is 3.17. The average molecular weight is 312 g/mol. The van der Waals surface area contributed by atoms with E-state index in [0.717, 1.165) is 0 Å². The highest BCUT2D eigenvalue weighted by molar-refractivity contribution is 7.89. The molecule has 2 aromatic heterocycles. The Hall–Kier alpha value is -2.46. The highest BCUT2D eigenvalue weighted by atomic mass is 32.2. The summed E-state index contributed by atoms with van der Waals surface area (Å²) in [6, 6.07) is 1.44. The minimum Gasteiger partial charge on any atom is -0.480 e. The van der Waals surface area contributed by atoms with E-state index in [1.807, 2.05) is 4.72 Å². The topological polar surface area (TPSA) is 155 Å². The quantitative estimate of drug-likeness (QED) is 0.545. The zero-order valence-corrected chi connectivity index (χ0v) is 11.4. The number of hydrogen-bond acceptors (Lipinski definition) is 5. The lowest BCUT2D eigenvalue weighted by Gasteiger charge is -2.12. The highest BCUT2D eigenvalue weighted by Gasteiger charge is 2.28. The number of carbonyl (C=O) groups is 2. The molecule has 0 fully saturated rings. The molecule has 0 saturated heterocycles. The lowest BCUT2D eigenvalue weighted by Crippen LogP contribution is -2.43. The second-order valence-corrected chi connectivity index (χ2v) is 5.92. The summed E-state index contributed by atoms with van der Waals surface area (Å²) in [6.45, 7) is 0. The summed E-state index contributed by atoms with van der Waals surface area (Å²) in [5.41, 5.74) is 5.25. The third-order valence-electron chi connectivity index (χ3n) is 2.70. The highest BCUT2D eigenvalue weighted by Crippen LogP contribution is 2.21. The minimum atomic E-state index is -4.14. The van der Waals surface area contributed by atoms with Crippen molar-refractivity contribution >= 4 is 32.9 Å². The summed E-state index contributed by atoms with van der Waals surface area (Å²) in [7, 11) is -4.14. The predicted octanol–water partition coefficient (Wildman–Crippen LogP) is -0.830. The van der Waals surface area contributed by atoms with E-state index < -0.39 is 34.4 Å². The largest absolute Gasteiger partial charge is 0.480 e. The van der Waals surface area contributed by atoms with Crippen molar-refractivity contribution in [2.45, 2.75) is 17.4 Å². The molecule has 10 heteroatoms. The number of amides is 1. The number of fused-ring (bicyclic) bond motifs is 1. The summed E-state index contributed by atoms with van der Waals surface area (Å²) < 4.78 is 26.4. The summed E-state index contributed by atoms with van der Waals surface area (Å²) in [5, 5.41) is 9.25. The van der Waals surface area contributed by atoms with E-state index in [0.29, 0.717) is 11.0 Å². The number of nitrogens with two attached hydrogens (primary N) is 1. The first-order valence-corrected chi connectivity index (χ1v) is 7.25. The first-order chi connectivity index (χ1) is 9.81. The van der Waals surface area contributed by atoms with Crippen molar-refractivity contribution in [2.75, 3.05) is 0 Å². The van der Waals surface area contributed by atoms with Crippen LogP contribution in [0.15, 0.2) is 29.4 Å². The monoisotopic (exact) mass is 312 g/mol. The van der Waals surface area contributed by atoms with Crippen molar-refractivity contribution in [1.82, 2.24) is 14.7 Å². The van der Waals surface area contributed by atoms with Crippen molar-refractivity contribution in [1.29, 1.82) is 0 Å². The van der Waals surface area contributed by atoms with Crippen molar-refractivity contribution in [2.24, 2.45) is 5.73 Å². The van der Waals surface area contributed by atoms with E-state index in [9.17, 15) is 18.0 Å². The maximum Gasteiger partial charge on any atom is 0.322 e. The molecule has 0 aliphatic rings. The van der Waals surface area contributed by atoms with Gasteiger partial charge in [-0.15, -0.1) is 0 Å². The van der Waals surface area contributed by atoms with Gasteiger partial charge in [0.2, 0.25) is 15.9 Å². The van der Waals surface area contributed by atoms with E-state index in [4.69, 9.17) is 10.8 Å². The van der Waals surface area contributed by atoms with Crippen LogP contribution in [0.1, 0.15) is 6.42 Å². The Morgan fingerprint density at radius 3 is 2.81 bits per heavy atom. The number of pyridine rings is 1. The first kappa shape index (κ1) is 14.9. The Morgan fingerprint density at radius 2 is 2.19 bits per heavy atom. The number of carbonyl (C=O) groups excluding carboxylic acids is 1. The molecule has 0 aromatic carbocycles. The first-order valence-electron chi connectivity index (χ1n) is 5.77. The van der Waals surface area contributed by atoms with Gasteiger partial charge in [0.25, 0.3) is 0 Å². The van der Waals surface area contributed by atoms with Gasteiger partial charge < -0.3 is 15.8 Å². The molecule has 0 bridgehead atoms. The van der Waals surface area contributed by atoms with Crippen LogP contribution in [0.3, 0.4) is 0 Å². The van der Waals surface area contributed by atoms with Crippen LogP contribution in [0, 0.1) is 0 Å². The molecule has 2 heterocycles. The van der Waals surface area contributed by atoms with Crippen LogP contribution in [0.25, 0.3) is 11.0 Å². The Labute approximate surface area is 119 Å². The normalized spacial score (nSPS) is 13.1. The maximum absolute atomic E-state index is 12.2. The van der Waals surface area contributed by atoms with E-state index in [1.54, 1.807) is 6.07 Å². The van der Waals surface area contributed by atoms with Crippen LogP contribution in [-0.2, 0) is 19.6 Å². The minimum absolute atomic E-state index is 0.152. The second kappa shape index (κ2) is 5.50. The van der Waals surface area contributed by atoms with Crippen LogP contribution in [0.4, 0.5) is 0 Å². The summed E-state index contributed by atoms with van der Waals surface area (Å²) in [5.74, 6) is -2.42. The van der Waals surface area contributed by atoms with Gasteiger partial charge in [0.05, 0.1) is 6.42 Å². The molecule has 1 amide bonds. The number of carboxylic acids is 1. The lowest BCUT2D eigenvalue weighted by molar-refractivity contribution is -0.140. The summed E-state index contributed by atoms with van der Waals surface area (Å²) in [6.07, 6.45) is 2.04. The van der Waals surface area contributed by atoms with E-state index >= 15 is 0 Å². The van der Waals surface area contributed by atoms with E-state index in [-0.39, 0.29) is 4.90 Å². The van der Waals surface area contributed by atoms with Gasteiger partial charge in [-0.2, -0.15) is 4.72 Å². The van der Waals surface area contributed by atoms with Crippen molar-refractivity contribution < 1.29 is 23.1 Å². The molecule has 0 saturated carbocycles. The van der Waals surface area contributed by atoms with Crippen LogP contribution in [0.2, 0.25) is 0 Å². The molecule has 112 valence electrons. The molecule has 2 rings (SSSR count). The smallest absolute Gasteiger partial charge is 0.322 e. The molecular formula is C11H12N4O5S. The lowest BCUT2D eigenvalue weighted by atomic mass is 10.2. The Morgan fingerprint density at radius 1 is 1.48 bits per heavy atom. The second-order valence-electron chi connectivity index (χ2n) is 4.24. The van der Waals surface area contributed by atoms with E-state index in [2.05, 4.69) is 9.97 Å². The molecule has 0 aliphatic carbocycles. The zero-order valence-electron chi connectivity index (χ0n) is 10.6. The Kier molecular flexibility index (Phi) is 3.91. The number of carboxylic acid groups (broad SMARTS) is 1.